The monoisotopic (exact) mass is 318 g/mol. The van der Waals surface area contributed by atoms with E-state index in [1.54, 1.807) is 25.5 Å². The fourth-order valence-corrected chi connectivity index (χ4v) is 2.37. The molecule has 3 rings (SSSR count). The topological polar surface area (TPSA) is 66.4 Å². The van der Waals surface area contributed by atoms with Crippen LogP contribution < -0.4 is 10.7 Å². The number of carbonyl (C=O) groups excluding carboxylic acids is 1. The van der Waals surface area contributed by atoms with E-state index < -0.39 is 6.04 Å². The lowest BCUT2D eigenvalue weighted by Gasteiger charge is -2.15. The molecular weight excluding hydrogens is 300 g/mol. The SMILES string of the molecule is CC(Nc1cccc2ccccc12)C(=O)NN=Cc1cccnc1. The number of amides is 1. The fourth-order valence-electron chi connectivity index (χ4n) is 2.37. The van der Waals surface area contributed by atoms with E-state index in [-0.39, 0.29) is 5.91 Å². The number of pyridine rings is 1. The van der Waals surface area contributed by atoms with Gasteiger partial charge in [0, 0.05) is 29.0 Å². The van der Waals surface area contributed by atoms with Crippen molar-refractivity contribution in [3.05, 3.63) is 72.6 Å². The van der Waals surface area contributed by atoms with Gasteiger partial charge in [0.25, 0.3) is 5.91 Å². The fraction of sp³-hybridized carbons (Fsp3) is 0.105. The van der Waals surface area contributed by atoms with Crippen molar-refractivity contribution in [2.75, 3.05) is 5.32 Å². The molecule has 1 amide bonds. The van der Waals surface area contributed by atoms with Crippen molar-refractivity contribution >= 4 is 28.6 Å². The second kappa shape index (κ2) is 7.37. The highest BCUT2D eigenvalue weighted by atomic mass is 16.2. The predicted octanol–water partition coefficient (Wildman–Crippen LogP) is 3.19. The zero-order valence-electron chi connectivity index (χ0n) is 13.3. The van der Waals surface area contributed by atoms with Crippen LogP contribution in [0.2, 0.25) is 0 Å². The number of fused-ring (bicyclic) bond motifs is 1. The molecule has 0 saturated heterocycles. The van der Waals surface area contributed by atoms with Crippen LogP contribution in [0.3, 0.4) is 0 Å². The Morgan fingerprint density at radius 2 is 1.96 bits per heavy atom. The second-order valence-corrected chi connectivity index (χ2v) is 5.41. The molecule has 0 aliphatic heterocycles. The van der Waals surface area contributed by atoms with Crippen LogP contribution in [0.25, 0.3) is 10.8 Å². The van der Waals surface area contributed by atoms with Crippen LogP contribution in [0.5, 0.6) is 0 Å². The molecule has 1 heterocycles. The number of benzene rings is 2. The van der Waals surface area contributed by atoms with E-state index in [9.17, 15) is 4.79 Å². The predicted molar refractivity (Wildman–Crippen MR) is 97.0 cm³/mol. The molecule has 5 nitrogen and oxygen atoms in total. The van der Waals surface area contributed by atoms with Crippen molar-refractivity contribution < 1.29 is 4.79 Å². The normalized spacial score (nSPS) is 12.2. The summed E-state index contributed by atoms with van der Waals surface area (Å²) in [6.07, 6.45) is 4.93. The molecule has 2 aromatic carbocycles. The largest absolute Gasteiger partial charge is 0.373 e. The highest BCUT2D eigenvalue weighted by Crippen LogP contribution is 2.23. The first-order chi connectivity index (χ1) is 11.7. The van der Waals surface area contributed by atoms with Crippen LogP contribution >= 0.6 is 0 Å². The summed E-state index contributed by atoms with van der Waals surface area (Å²) in [7, 11) is 0. The van der Waals surface area contributed by atoms with Crippen LogP contribution in [0, 0.1) is 0 Å². The lowest BCUT2D eigenvalue weighted by atomic mass is 10.1. The van der Waals surface area contributed by atoms with Gasteiger partial charge in [0.2, 0.25) is 0 Å². The third kappa shape index (κ3) is 3.76. The molecule has 5 heteroatoms. The van der Waals surface area contributed by atoms with Crippen molar-refractivity contribution in [3.63, 3.8) is 0 Å². The lowest BCUT2D eigenvalue weighted by Crippen LogP contribution is -2.34. The van der Waals surface area contributed by atoms with Gasteiger partial charge < -0.3 is 5.32 Å². The van der Waals surface area contributed by atoms with Crippen LogP contribution in [0.15, 0.2) is 72.1 Å². The minimum absolute atomic E-state index is 0.205. The first-order valence-electron chi connectivity index (χ1n) is 7.71. The van der Waals surface area contributed by atoms with Gasteiger partial charge in [0.1, 0.15) is 6.04 Å². The van der Waals surface area contributed by atoms with Gasteiger partial charge >= 0.3 is 0 Å². The van der Waals surface area contributed by atoms with E-state index >= 15 is 0 Å². The average Bonchev–Trinajstić information content (AvgIpc) is 2.63. The van der Waals surface area contributed by atoms with Gasteiger partial charge in [-0.3, -0.25) is 9.78 Å². The summed E-state index contributed by atoms with van der Waals surface area (Å²) in [5, 5.41) is 9.41. The molecule has 1 unspecified atom stereocenters. The standard InChI is InChI=1S/C19H18N4O/c1-14(19(24)23-21-13-15-6-5-11-20-12-15)22-18-10-4-8-16-7-2-3-9-17(16)18/h2-14,22H,1H3,(H,23,24). The quantitative estimate of drug-likeness (QED) is 0.561. The number of rotatable bonds is 5. The van der Waals surface area contributed by atoms with Crippen LogP contribution in [0.4, 0.5) is 5.69 Å². The zero-order valence-corrected chi connectivity index (χ0v) is 13.3. The second-order valence-electron chi connectivity index (χ2n) is 5.41. The van der Waals surface area contributed by atoms with Crippen LogP contribution in [-0.2, 0) is 4.79 Å². The molecule has 120 valence electrons. The Labute approximate surface area is 140 Å². The summed E-state index contributed by atoms with van der Waals surface area (Å²) in [6, 6.07) is 17.3. The zero-order chi connectivity index (χ0) is 16.8. The number of anilines is 1. The maximum Gasteiger partial charge on any atom is 0.262 e. The average molecular weight is 318 g/mol. The smallest absolute Gasteiger partial charge is 0.262 e. The van der Waals surface area contributed by atoms with Crippen molar-refractivity contribution in [2.45, 2.75) is 13.0 Å². The molecule has 1 atom stereocenters. The summed E-state index contributed by atoms with van der Waals surface area (Å²) in [5.74, 6) is -0.205. The first-order valence-corrected chi connectivity index (χ1v) is 7.71. The molecule has 0 aliphatic rings. The van der Waals surface area contributed by atoms with E-state index in [2.05, 4.69) is 20.8 Å². The Bertz CT molecular complexity index is 856. The van der Waals surface area contributed by atoms with Gasteiger partial charge in [-0.15, -0.1) is 0 Å². The van der Waals surface area contributed by atoms with Crippen LogP contribution in [0.1, 0.15) is 12.5 Å². The highest BCUT2D eigenvalue weighted by Gasteiger charge is 2.12. The summed E-state index contributed by atoms with van der Waals surface area (Å²) >= 11 is 0. The molecule has 2 N–H and O–H groups in total. The third-order valence-corrected chi connectivity index (χ3v) is 3.63. The van der Waals surface area contributed by atoms with E-state index in [1.807, 2.05) is 54.6 Å². The Balaban J connectivity index is 1.64. The Morgan fingerprint density at radius 1 is 1.12 bits per heavy atom. The molecule has 0 bridgehead atoms. The van der Waals surface area contributed by atoms with E-state index in [0.29, 0.717) is 0 Å². The highest BCUT2D eigenvalue weighted by molar-refractivity contribution is 5.96. The minimum Gasteiger partial charge on any atom is -0.373 e. The van der Waals surface area contributed by atoms with Crippen LogP contribution in [-0.4, -0.2) is 23.1 Å². The molecule has 0 fully saturated rings. The minimum atomic E-state index is -0.415. The number of nitrogens with one attached hydrogen (secondary N) is 2. The maximum absolute atomic E-state index is 12.2. The number of hydrogen-bond donors (Lipinski definition) is 2. The molecule has 0 saturated carbocycles. The molecular formula is C19H18N4O. The van der Waals surface area contributed by atoms with E-state index in [0.717, 1.165) is 22.0 Å². The number of hydrazone groups is 1. The van der Waals surface area contributed by atoms with Gasteiger partial charge in [-0.25, -0.2) is 5.43 Å². The van der Waals surface area contributed by atoms with Crippen molar-refractivity contribution in [2.24, 2.45) is 5.10 Å². The molecule has 0 aliphatic carbocycles. The van der Waals surface area contributed by atoms with Gasteiger partial charge in [-0.2, -0.15) is 5.10 Å². The van der Waals surface area contributed by atoms with Gasteiger partial charge in [-0.05, 0) is 24.4 Å². The molecule has 0 radical (unpaired) electrons. The number of hydrogen-bond acceptors (Lipinski definition) is 4. The van der Waals surface area contributed by atoms with E-state index in [1.165, 1.54) is 0 Å². The number of nitrogens with zero attached hydrogens (tertiary/aromatic N) is 2. The lowest BCUT2D eigenvalue weighted by molar-refractivity contribution is -0.121. The molecule has 0 spiro atoms. The summed E-state index contributed by atoms with van der Waals surface area (Å²) in [5.41, 5.74) is 4.29. The van der Waals surface area contributed by atoms with Crippen molar-refractivity contribution in [1.29, 1.82) is 0 Å². The first kappa shape index (κ1) is 15.7. The molecule has 3 aromatic rings. The van der Waals surface area contributed by atoms with E-state index in [4.69, 9.17) is 0 Å². The molecule has 1 aromatic heterocycles. The van der Waals surface area contributed by atoms with Gasteiger partial charge in [0.15, 0.2) is 0 Å². The third-order valence-electron chi connectivity index (χ3n) is 3.63. The Hall–Kier alpha value is -3.21. The van der Waals surface area contributed by atoms with Crippen molar-refractivity contribution in [3.8, 4) is 0 Å². The summed E-state index contributed by atoms with van der Waals surface area (Å²) in [4.78, 5) is 16.2. The Kier molecular flexibility index (Phi) is 4.81. The van der Waals surface area contributed by atoms with Gasteiger partial charge in [-0.1, -0.05) is 42.5 Å². The van der Waals surface area contributed by atoms with Crippen molar-refractivity contribution in [1.82, 2.24) is 10.4 Å². The van der Waals surface area contributed by atoms with Gasteiger partial charge in [0.05, 0.1) is 6.21 Å². The summed E-state index contributed by atoms with van der Waals surface area (Å²) in [6.45, 7) is 1.80. The molecule has 24 heavy (non-hydrogen) atoms. The number of carbonyl (C=O) groups is 1. The maximum atomic E-state index is 12.2. The number of aromatic nitrogens is 1. The Morgan fingerprint density at radius 3 is 2.79 bits per heavy atom. The summed E-state index contributed by atoms with van der Waals surface area (Å²) < 4.78 is 0.